The second-order valence-electron chi connectivity index (χ2n) is 6.03. The number of benzene rings is 2. The Kier molecular flexibility index (Phi) is 4.35. The van der Waals surface area contributed by atoms with Crippen LogP contribution in [0.3, 0.4) is 0 Å². The topological polar surface area (TPSA) is 26.0 Å². The van der Waals surface area contributed by atoms with E-state index in [1.807, 2.05) is 6.07 Å². The molecule has 21 heavy (non-hydrogen) atoms. The second kappa shape index (κ2) is 6.40. The first-order valence-electron chi connectivity index (χ1n) is 7.85. The fourth-order valence-corrected chi connectivity index (χ4v) is 3.30. The molecule has 2 heteroatoms. The van der Waals surface area contributed by atoms with Crippen molar-refractivity contribution in [3.63, 3.8) is 0 Å². The zero-order chi connectivity index (χ0) is 14.7. The molecular formula is C19H22FN. The molecule has 0 radical (unpaired) electrons. The Morgan fingerprint density at radius 1 is 0.905 bits per heavy atom. The van der Waals surface area contributed by atoms with Gasteiger partial charge in [0.05, 0.1) is 6.04 Å². The molecule has 1 aliphatic carbocycles. The van der Waals surface area contributed by atoms with Gasteiger partial charge in [-0.25, -0.2) is 4.39 Å². The number of halogens is 1. The molecule has 1 unspecified atom stereocenters. The smallest absolute Gasteiger partial charge is 0.123 e. The highest BCUT2D eigenvalue weighted by Crippen LogP contribution is 2.33. The Hall–Kier alpha value is -1.67. The minimum Gasteiger partial charge on any atom is -0.320 e. The third-order valence-electron chi connectivity index (χ3n) is 4.58. The lowest BCUT2D eigenvalue weighted by Crippen LogP contribution is -2.12. The van der Waals surface area contributed by atoms with Crippen molar-refractivity contribution in [2.45, 2.75) is 44.1 Å². The highest BCUT2D eigenvalue weighted by Gasteiger charge is 2.16. The molecule has 2 aromatic carbocycles. The minimum atomic E-state index is -0.263. The van der Waals surface area contributed by atoms with Gasteiger partial charge in [0.15, 0.2) is 0 Å². The normalized spacial score (nSPS) is 17.6. The molecule has 0 spiro atoms. The summed E-state index contributed by atoms with van der Waals surface area (Å²) < 4.78 is 13.3. The molecule has 0 bridgehead atoms. The Labute approximate surface area is 126 Å². The fourth-order valence-electron chi connectivity index (χ4n) is 3.30. The Balaban J connectivity index is 1.77. The predicted octanol–water partition coefficient (Wildman–Crippen LogP) is 4.92. The zero-order valence-corrected chi connectivity index (χ0v) is 12.3. The fraction of sp³-hybridized carbons (Fsp3) is 0.368. The maximum Gasteiger partial charge on any atom is 0.123 e. The molecule has 0 aliphatic heterocycles. The summed E-state index contributed by atoms with van der Waals surface area (Å²) in [5.74, 6) is 0.472. The molecule has 1 aliphatic rings. The first kappa shape index (κ1) is 14.3. The van der Waals surface area contributed by atoms with E-state index in [0.717, 1.165) is 11.1 Å². The molecular weight excluding hydrogens is 261 g/mol. The number of rotatable bonds is 3. The van der Waals surface area contributed by atoms with Crippen LogP contribution in [0.5, 0.6) is 0 Å². The molecule has 0 aromatic heterocycles. The molecule has 3 rings (SSSR count). The van der Waals surface area contributed by atoms with Crippen LogP contribution in [0.4, 0.5) is 4.39 Å². The molecule has 0 heterocycles. The lowest BCUT2D eigenvalue weighted by Gasteiger charge is -2.22. The van der Waals surface area contributed by atoms with Crippen LogP contribution in [0.25, 0.3) is 0 Å². The van der Waals surface area contributed by atoms with Crippen LogP contribution in [0, 0.1) is 5.82 Å². The lowest BCUT2D eigenvalue weighted by molar-refractivity contribution is 0.443. The first-order valence-corrected chi connectivity index (χ1v) is 7.85. The van der Waals surface area contributed by atoms with Crippen molar-refractivity contribution in [3.8, 4) is 0 Å². The Bertz CT molecular complexity index is 585. The van der Waals surface area contributed by atoms with Gasteiger partial charge in [0.2, 0.25) is 0 Å². The van der Waals surface area contributed by atoms with Gasteiger partial charge in [-0.2, -0.15) is 0 Å². The SMILES string of the molecule is NC(c1ccc(C2CCCCC2)cc1)c1cccc(F)c1. The van der Waals surface area contributed by atoms with E-state index in [1.54, 1.807) is 6.07 Å². The van der Waals surface area contributed by atoms with E-state index in [0.29, 0.717) is 5.92 Å². The van der Waals surface area contributed by atoms with E-state index in [9.17, 15) is 4.39 Å². The quantitative estimate of drug-likeness (QED) is 0.850. The molecule has 2 aromatic rings. The van der Waals surface area contributed by atoms with Crippen molar-refractivity contribution in [1.29, 1.82) is 0 Å². The Morgan fingerprint density at radius 3 is 2.29 bits per heavy atom. The van der Waals surface area contributed by atoms with Gasteiger partial charge in [0, 0.05) is 0 Å². The van der Waals surface area contributed by atoms with Gasteiger partial charge in [-0.1, -0.05) is 55.7 Å². The van der Waals surface area contributed by atoms with E-state index in [4.69, 9.17) is 5.73 Å². The van der Waals surface area contributed by atoms with Gasteiger partial charge in [-0.05, 0) is 47.6 Å². The van der Waals surface area contributed by atoms with Crippen molar-refractivity contribution >= 4 is 0 Å². The zero-order valence-electron chi connectivity index (χ0n) is 12.3. The van der Waals surface area contributed by atoms with Gasteiger partial charge in [0.1, 0.15) is 5.82 Å². The van der Waals surface area contributed by atoms with Gasteiger partial charge < -0.3 is 5.73 Å². The summed E-state index contributed by atoms with van der Waals surface area (Å²) in [6, 6.07) is 14.9. The molecule has 1 fully saturated rings. The minimum absolute atomic E-state index is 0.234. The third kappa shape index (κ3) is 3.33. The summed E-state index contributed by atoms with van der Waals surface area (Å²) in [4.78, 5) is 0. The van der Waals surface area contributed by atoms with Gasteiger partial charge in [-0.15, -0.1) is 0 Å². The molecule has 110 valence electrons. The van der Waals surface area contributed by atoms with Crippen molar-refractivity contribution < 1.29 is 4.39 Å². The van der Waals surface area contributed by atoms with Crippen LogP contribution < -0.4 is 5.73 Å². The van der Waals surface area contributed by atoms with Crippen LogP contribution in [-0.2, 0) is 0 Å². The average molecular weight is 283 g/mol. The van der Waals surface area contributed by atoms with Crippen LogP contribution in [-0.4, -0.2) is 0 Å². The van der Waals surface area contributed by atoms with Gasteiger partial charge in [0.25, 0.3) is 0 Å². The van der Waals surface area contributed by atoms with Gasteiger partial charge in [-0.3, -0.25) is 0 Å². The van der Waals surface area contributed by atoms with E-state index < -0.39 is 0 Å². The van der Waals surface area contributed by atoms with E-state index in [1.165, 1.54) is 49.8 Å². The molecule has 1 saturated carbocycles. The largest absolute Gasteiger partial charge is 0.320 e. The molecule has 0 saturated heterocycles. The maximum atomic E-state index is 13.3. The van der Waals surface area contributed by atoms with E-state index in [-0.39, 0.29) is 11.9 Å². The van der Waals surface area contributed by atoms with E-state index >= 15 is 0 Å². The lowest BCUT2D eigenvalue weighted by atomic mass is 9.83. The van der Waals surface area contributed by atoms with E-state index in [2.05, 4.69) is 24.3 Å². The summed E-state index contributed by atoms with van der Waals surface area (Å²) >= 11 is 0. The molecule has 0 amide bonds. The number of hydrogen-bond acceptors (Lipinski definition) is 1. The number of hydrogen-bond donors (Lipinski definition) is 1. The molecule has 2 N–H and O–H groups in total. The molecule has 1 nitrogen and oxygen atoms in total. The second-order valence-corrected chi connectivity index (χ2v) is 6.03. The summed E-state index contributed by atoms with van der Waals surface area (Å²) in [6.07, 6.45) is 6.66. The summed E-state index contributed by atoms with van der Waals surface area (Å²) in [5.41, 5.74) is 9.53. The van der Waals surface area contributed by atoms with Crippen molar-refractivity contribution in [1.82, 2.24) is 0 Å². The van der Waals surface area contributed by atoms with Crippen LogP contribution >= 0.6 is 0 Å². The number of nitrogens with two attached hydrogens (primary N) is 1. The summed E-state index contributed by atoms with van der Waals surface area (Å²) in [5, 5.41) is 0. The average Bonchev–Trinajstić information content (AvgIpc) is 2.55. The van der Waals surface area contributed by atoms with Gasteiger partial charge >= 0.3 is 0 Å². The Morgan fingerprint density at radius 2 is 1.62 bits per heavy atom. The standard InChI is InChI=1S/C19H22FN/c20-18-8-4-7-17(13-18)19(21)16-11-9-15(10-12-16)14-5-2-1-3-6-14/h4,7-14,19H,1-3,5-6,21H2. The highest BCUT2D eigenvalue weighted by atomic mass is 19.1. The first-order chi connectivity index (χ1) is 10.2. The van der Waals surface area contributed by atoms with Crippen molar-refractivity contribution in [3.05, 3.63) is 71.0 Å². The maximum absolute atomic E-state index is 13.3. The van der Waals surface area contributed by atoms with Crippen LogP contribution in [0.1, 0.15) is 60.8 Å². The third-order valence-corrected chi connectivity index (χ3v) is 4.58. The molecule has 1 atom stereocenters. The summed E-state index contributed by atoms with van der Waals surface area (Å²) in [6.45, 7) is 0. The predicted molar refractivity (Wildman–Crippen MR) is 84.7 cm³/mol. The van der Waals surface area contributed by atoms with Crippen LogP contribution in [0.15, 0.2) is 48.5 Å². The van der Waals surface area contributed by atoms with Crippen LogP contribution in [0.2, 0.25) is 0 Å². The summed E-state index contributed by atoms with van der Waals surface area (Å²) in [7, 11) is 0. The van der Waals surface area contributed by atoms with Crippen molar-refractivity contribution in [2.24, 2.45) is 5.73 Å². The van der Waals surface area contributed by atoms with Crippen molar-refractivity contribution in [2.75, 3.05) is 0 Å². The highest BCUT2D eigenvalue weighted by molar-refractivity contribution is 5.34. The monoisotopic (exact) mass is 283 g/mol.